The molecule has 1 aromatic rings. The number of carbonyl (C=O) groups is 1. The molecule has 0 heterocycles. The van der Waals surface area contributed by atoms with Gasteiger partial charge in [-0.25, -0.2) is 4.79 Å². The quantitative estimate of drug-likeness (QED) is 0.838. The van der Waals surface area contributed by atoms with Crippen LogP contribution in [0.4, 0.5) is 4.79 Å². The highest BCUT2D eigenvalue weighted by molar-refractivity contribution is 6.31. The summed E-state index contributed by atoms with van der Waals surface area (Å²) in [6.07, 6.45) is -0.445. The Morgan fingerprint density at radius 1 is 1.57 bits per heavy atom. The zero-order chi connectivity index (χ0) is 10.6. The van der Waals surface area contributed by atoms with Crippen molar-refractivity contribution in [2.75, 3.05) is 0 Å². The van der Waals surface area contributed by atoms with Crippen LogP contribution in [0.1, 0.15) is 12.5 Å². The van der Waals surface area contributed by atoms with E-state index in [0.29, 0.717) is 11.4 Å². The smallest absolute Gasteiger partial charge is 0.404 e. The lowest BCUT2D eigenvalue weighted by molar-refractivity contribution is 0.116. The van der Waals surface area contributed by atoms with E-state index >= 15 is 0 Å². The Morgan fingerprint density at radius 3 is 2.79 bits per heavy atom. The van der Waals surface area contributed by atoms with Gasteiger partial charge in [-0.3, -0.25) is 0 Å². The minimum atomic E-state index is -0.760. The van der Waals surface area contributed by atoms with Gasteiger partial charge in [0.05, 0.1) is 0 Å². The summed E-state index contributed by atoms with van der Waals surface area (Å²) < 4.78 is 4.79. The number of hydrogen-bond acceptors (Lipinski definition) is 2. The topological polar surface area (TPSA) is 52.3 Å². The van der Waals surface area contributed by atoms with E-state index in [0.717, 1.165) is 5.56 Å². The van der Waals surface area contributed by atoms with Crippen LogP contribution in [0.2, 0.25) is 5.02 Å². The van der Waals surface area contributed by atoms with Crippen LogP contribution in [0.3, 0.4) is 0 Å². The maximum atomic E-state index is 10.5. The van der Waals surface area contributed by atoms with E-state index in [2.05, 4.69) is 0 Å². The number of hydrogen-bond donors (Lipinski definition) is 1. The highest BCUT2D eigenvalue weighted by atomic mass is 35.5. The van der Waals surface area contributed by atoms with E-state index < -0.39 is 6.09 Å². The molecule has 1 unspecified atom stereocenters. The SMILES string of the molecule is CC(Cc1ccccc1Cl)OC(N)=O. The molecule has 2 N–H and O–H groups in total. The molecule has 0 saturated heterocycles. The molecule has 76 valence electrons. The molecule has 14 heavy (non-hydrogen) atoms. The molecule has 0 aliphatic rings. The van der Waals surface area contributed by atoms with Gasteiger partial charge in [-0.1, -0.05) is 29.8 Å². The molecule has 0 aliphatic heterocycles. The van der Waals surface area contributed by atoms with Crippen LogP contribution in [0.5, 0.6) is 0 Å². The van der Waals surface area contributed by atoms with E-state index in [1.54, 1.807) is 13.0 Å². The number of primary amides is 1. The van der Waals surface area contributed by atoms with Gasteiger partial charge in [-0.05, 0) is 18.6 Å². The first-order valence-electron chi connectivity index (χ1n) is 4.29. The summed E-state index contributed by atoms with van der Waals surface area (Å²) >= 11 is 5.93. The third kappa shape index (κ3) is 3.26. The van der Waals surface area contributed by atoms with Crippen LogP contribution < -0.4 is 5.73 Å². The standard InChI is InChI=1S/C10H12ClNO2/c1-7(14-10(12)13)6-8-4-2-3-5-9(8)11/h2-5,7H,6H2,1H3,(H2,12,13). The Balaban J connectivity index is 2.60. The predicted molar refractivity (Wildman–Crippen MR) is 55.3 cm³/mol. The number of ether oxygens (including phenoxy) is 1. The minimum Gasteiger partial charge on any atom is -0.446 e. The molecule has 1 atom stereocenters. The summed E-state index contributed by atoms with van der Waals surface area (Å²) in [5.74, 6) is 0. The highest BCUT2D eigenvalue weighted by Crippen LogP contribution is 2.17. The van der Waals surface area contributed by atoms with E-state index in [1.165, 1.54) is 0 Å². The number of benzene rings is 1. The van der Waals surface area contributed by atoms with E-state index in [-0.39, 0.29) is 6.10 Å². The number of rotatable bonds is 3. The van der Waals surface area contributed by atoms with Gasteiger partial charge in [0.15, 0.2) is 0 Å². The predicted octanol–water partition coefficient (Wildman–Crippen LogP) is 2.37. The molecule has 0 radical (unpaired) electrons. The highest BCUT2D eigenvalue weighted by Gasteiger charge is 2.08. The Morgan fingerprint density at radius 2 is 2.21 bits per heavy atom. The Hall–Kier alpha value is -1.22. The zero-order valence-corrected chi connectivity index (χ0v) is 8.62. The van der Waals surface area contributed by atoms with Gasteiger partial charge in [0.1, 0.15) is 6.10 Å². The minimum absolute atomic E-state index is 0.257. The lowest BCUT2D eigenvalue weighted by atomic mass is 10.1. The average Bonchev–Trinajstić information content (AvgIpc) is 2.07. The lowest BCUT2D eigenvalue weighted by Gasteiger charge is -2.11. The van der Waals surface area contributed by atoms with Gasteiger partial charge in [0.2, 0.25) is 0 Å². The fraction of sp³-hybridized carbons (Fsp3) is 0.300. The van der Waals surface area contributed by atoms with Crippen LogP contribution in [0, 0.1) is 0 Å². The number of halogens is 1. The first-order chi connectivity index (χ1) is 6.59. The van der Waals surface area contributed by atoms with Gasteiger partial charge in [-0.15, -0.1) is 0 Å². The molecule has 0 bridgehead atoms. The lowest BCUT2D eigenvalue weighted by Crippen LogP contribution is -2.22. The molecule has 0 spiro atoms. The molecule has 0 saturated carbocycles. The van der Waals surface area contributed by atoms with Crippen LogP contribution >= 0.6 is 11.6 Å². The first-order valence-corrected chi connectivity index (χ1v) is 4.67. The van der Waals surface area contributed by atoms with Crippen molar-refractivity contribution in [2.45, 2.75) is 19.4 Å². The van der Waals surface area contributed by atoms with Crippen molar-refractivity contribution in [3.63, 3.8) is 0 Å². The van der Waals surface area contributed by atoms with Crippen LogP contribution in [-0.2, 0) is 11.2 Å². The molecular weight excluding hydrogens is 202 g/mol. The van der Waals surface area contributed by atoms with E-state index in [4.69, 9.17) is 22.1 Å². The molecule has 1 amide bonds. The van der Waals surface area contributed by atoms with Crippen LogP contribution in [0.15, 0.2) is 24.3 Å². The van der Waals surface area contributed by atoms with Gasteiger partial charge in [0.25, 0.3) is 0 Å². The number of carbonyl (C=O) groups excluding carboxylic acids is 1. The Bertz CT molecular complexity index is 328. The average molecular weight is 214 g/mol. The second kappa shape index (κ2) is 4.86. The van der Waals surface area contributed by atoms with Crippen molar-refractivity contribution in [3.05, 3.63) is 34.9 Å². The Labute approximate surface area is 87.8 Å². The summed E-state index contributed by atoms with van der Waals surface area (Å²) in [5, 5.41) is 0.674. The molecule has 1 rings (SSSR count). The normalized spacial score (nSPS) is 12.1. The van der Waals surface area contributed by atoms with E-state index in [1.807, 2.05) is 18.2 Å². The third-order valence-corrected chi connectivity index (χ3v) is 2.15. The van der Waals surface area contributed by atoms with Crippen molar-refractivity contribution in [1.29, 1.82) is 0 Å². The van der Waals surface area contributed by atoms with Gasteiger partial charge < -0.3 is 10.5 Å². The zero-order valence-electron chi connectivity index (χ0n) is 7.87. The fourth-order valence-electron chi connectivity index (χ4n) is 1.21. The van der Waals surface area contributed by atoms with Gasteiger partial charge in [-0.2, -0.15) is 0 Å². The Kier molecular flexibility index (Phi) is 3.77. The van der Waals surface area contributed by atoms with Crippen molar-refractivity contribution in [3.8, 4) is 0 Å². The first kappa shape index (κ1) is 10.9. The monoisotopic (exact) mass is 213 g/mol. The summed E-state index contributed by atoms with van der Waals surface area (Å²) in [5.41, 5.74) is 5.84. The molecule has 3 nitrogen and oxygen atoms in total. The van der Waals surface area contributed by atoms with Crippen LogP contribution in [-0.4, -0.2) is 12.2 Å². The fourth-order valence-corrected chi connectivity index (χ4v) is 1.43. The van der Waals surface area contributed by atoms with Crippen molar-refractivity contribution in [1.82, 2.24) is 0 Å². The molecule has 1 aromatic carbocycles. The van der Waals surface area contributed by atoms with Gasteiger partial charge in [0, 0.05) is 11.4 Å². The maximum absolute atomic E-state index is 10.5. The van der Waals surface area contributed by atoms with Crippen molar-refractivity contribution < 1.29 is 9.53 Å². The van der Waals surface area contributed by atoms with Gasteiger partial charge >= 0.3 is 6.09 Å². The molecule has 4 heteroatoms. The number of amides is 1. The number of nitrogens with two attached hydrogens (primary N) is 1. The van der Waals surface area contributed by atoms with Crippen LogP contribution in [0.25, 0.3) is 0 Å². The van der Waals surface area contributed by atoms with E-state index in [9.17, 15) is 4.79 Å². The third-order valence-electron chi connectivity index (χ3n) is 1.78. The molecular formula is C10H12ClNO2. The van der Waals surface area contributed by atoms with Crippen molar-refractivity contribution >= 4 is 17.7 Å². The van der Waals surface area contributed by atoms with Crippen molar-refractivity contribution in [2.24, 2.45) is 5.73 Å². The summed E-state index contributed by atoms with van der Waals surface area (Å²) in [6.45, 7) is 1.77. The summed E-state index contributed by atoms with van der Waals surface area (Å²) in [7, 11) is 0. The maximum Gasteiger partial charge on any atom is 0.404 e. The molecule has 0 aromatic heterocycles. The molecule has 0 aliphatic carbocycles. The second-order valence-corrected chi connectivity index (χ2v) is 3.45. The second-order valence-electron chi connectivity index (χ2n) is 3.04. The summed E-state index contributed by atoms with van der Waals surface area (Å²) in [6, 6.07) is 7.43. The largest absolute Gasteiger partial charge is 0.446 e. The molecule has 0 fully saturated rings. The summed E-state index contributed by atoms with van der Waals surface area (Å²) in [4.78, 5) is 10.5.